The van der Waals surface area contributed by atoms with Crippen molar-refractivity contribution >= 4 is 35.0 Å². The predicted octanol–water partition coefficient (Wildman–Crippen LogP) is 4.69. The van der Waals surface area contributed by atoms with Crippen LogP contribution in [0.5, 0.6) is 0 Å². The fourth-order valence-corrected chi connectivity index (χ4v) is 2.98. The number of nitrogens with zero attached hydrogens (tertiary/aromatic N) is 2. The largest absolute Gasteiger partial charge is 0.329 e. The van der Waals surface area contributed by atoms with Gasteiger partial charge in [0.05, 0.1) is 10.5 Å². The van der Waals surface area contributed by atoms with Crippen LogP contribution in [0.2, 0.25) is 5.02 Å². The zero-order valence-corrected chi connectivity index (χ0v) is 12.9. The van der Waals surface area contributed by atoms with E-state index in [-0.39, 0.29) is 11.9 Å². The molecule has 0 aliphatic heterocycles. The van der Waals surface area contributed by atoms with Gasteiger partial charge in [0, 0.05) is 12.2 Å². The molecule has 0 radical (unpaired) electrons. The maximum Gasteiger partial charge on any atom is 0.179 e. The Labute approximate surface area is 131 Å². The Bertz CT molecular complexity index is 838. The number of halogens is 2. The van der Waals surface area contributed by atoms with E-state index >= 15 is 0 Å². The summed E-state index contributed by atoms with van der Waals surface area (Å²) in [6.07, 6.45) is 2.35. The number of nitrogens with one attached hydrogen (secondary N) is 1. The number of imidazole rings is 1. The molecule has 0 aliphatic rings. The van der Waals surface area contributed by atoms with Gasteiger partial charge in [-0.25, -0.2) is 9.37 Å². The van der Waals surface area contributed by atoms with Gasteiger partial charge < -0.3 is 4.98 Å². The van der Waals surface area contributed by atoms with Gasteiger partial charge >= 0.3 is 0 Å². The molecule has 108 valence electrons. The molecule has 0 spiro atoms. The van der Waals surface area contributed by atoms with Gasteiger partial charge in [-0.2, -0.15) is 0 Å². The summed E-state index contributed by atoms with van der Waals surface area (Å²) < 4.78 is 15.5. The molecule has 0 fully saturated rings. The predicted molar refractivity (Wildman–Crippen MR) is 84.7 cm³/mol. The first-order chi connectivity index (χ1) is 10.0. The summed E-state index contributed by atoms with van der Waals surface area (Å²) in [4.78, 5) is 7.47. The van der Waals surface area contributed by atoms with Crippen LogP contribution in [0.15, 0.2) is 36.5 Å². The standard InChI is InChI=1S/C15H13ClFN3S/c1-9(6-10-2-4-12(17)5-3-10)20-14-13(19-15(20)21)7-11(16)8-18-14/h2-5,7-9H,6H2,1H3,(H,19,21). The lowest BCUT2D eigenvalue weighted by atomic mass is 10.1. The molecule has 2 heterocycles. The van der Waals surface area contributed by atoms with E-state index in [0.717, 1.165) is 23.1 Å². The van der Waals surface area contributed by atoms with Crippen molar-refractivity contribution in [2.45, 2.75) is 19.4 Å². The van der Waals surface area contributed by atoms with Crippen LogP contribution in [0.4, 0.5) is 4.39 Å². The molecule has 0 saturated heterocycles. The third-order valence-corrected chi connectivity index (χ3v) is 3.91. The quantitative estimate of drug-likeness (QED) is 0.710. The van der Waals surface area contributed by atoms with Crippen molar-refractivity contribution in [2.75, 3.05) is 0 Å². The molecule has 3 rings (SSSR count). The third kappa shape index (κ3) is 2.84. The SMILES string of the molecule is CC(Cc1ccc(F)cc1)n1c(=S)[nH]c2cc(Cl)cnc21. The van der Waals surface area contributed by atoms with Gasteiger partial charge in [0.25, 0.3) is 0 Å². The number of pyridine rings is 1. The Balaban J connectivity index is 1.97. The number of rotatable bonds is 3. The number of H-pyrrole nitrogens is 1. The summed E-state index contributed by atoms with van der Waals surface area (Å²) in [6, 6.07) is 8.41. The lowest BCUT2D eigenvalue weighted by Gasteiger charge is -2.14. The molecule has 1 aromatic carbocycles. The molecule has 1 atom stereocenters. The van der Waals surface area contributed by atoms with Crippen LogP contribution in [0, 0.1) is 10.6 Å². The maximum atomic E-state index is 13.0. The number of aromatic amines is 1. The topological polar surface area (TPSA) is 33.6 Å². The number of aromatic nitrogens is 3. The Kier molecular flexibility index (Phi) is 3.78. The smallest absolute Gasteiger partial charge is 0.179 e. The van der Waals surface area contributed by atoms with Gasteiger partial charge in [-0.1, -0.05) is 23.7 Å². The second-order valence-corrected chi connectivity index (χ2v) is 5.83. The lowest BCUT2D eigenvalue weighted by Crippen LogP contribution is -2.09. The Hall–Kier alpha value is -1.72. The summed E-state index contributed by atoms with van der Waals surface area (Å²) in [5.41, 5.74) is 2.64. The highest BCUT2D eigenvalue weighted by Gasteiger charge is 2.13. The van der Waals surface area contributed by atoms with Crippen molar-refractivity contribution in [2.24, 2.45) is 0 Å². The van der Waals surface area contributed by atoms with Crippen LogP contribution < -0.4 is 0 Å². The monoisotopic (exact) mass is 321 g/mol. The Morgan fingerprint density at radius 1 is 1.38 bits per heavy atom. The minimum Gasteiger partial charge on any atom is -0.329 e. The summed E-state index contributed by atoms with van der Waals surface area (Å²) in [5, 5.41) is 0.567. The Morgan fingerprint density at radius 3 is 2.81 bits per heavy atom. The van der Waals surface area contributed by atoms with Crippen molar-refractivity contribution < 1.29 is 4.39 Å². The van der Waals surface area contributed by atoms with Crippen LogP contribution in [0.3, 0.4) is 0 Å². The minimum absolute atomic E-state index is 0.102. The van der Waals surface area contributed by atoms with Gasteiger partial charge in [-0.3, -0.25) is 4.57 Å². The van der Waals surface area contributed by atoms with E-state index in [1.807, 2.05) is 4.57 Å². The van der Waals surface area contributed by atoms with Gasteiger partial charge in [-0.05, 0) is 49.3 Å². The molecular formula is C15H13ClFN3S. The van der Waals surface area contributed by atoms with E-state index in [2.05, 4.69) is 16.9 Å². The summed E-state index contributed by atoms with van der Waals surface area (Å²) in [6.45, 7) is 2.06. The minimum atomic E-state index is -0.230. The van der Waals surface area contributed by atoms with Crippen LogP contribution in [0.1, 0.15) is 18.5 Å². The molecule has 1 N–H and O–H groups in total. The van der Waals surface area contributed by atoms with Crippen LogP contribution in [-0.4, -0.2) is 14.5 Å². The fraction of sp³-hybridized carbons (Fsp3) is 0.200. The molecule has 6 heteroatoms. The van der Waals surface area contributed by atoms with Gasteiger partial charge in [0.2, 0.25) is 0 Å². The zero-order valence-electron chi connectivity index (χ0n) is 11.3. The van der Waals surface area contributed by atoms with Crippen LogP contribution in [-0.2, 0) is 6.42 Å². The molecule has 3 aromatic rings. The highest BCUT2D eigenvalue weighted by molar-refractivity contribution is 7.71. The van der Waals surface area contributed by atoms with Gasteiger partial charge in [0.15, 0.2) is 10.4 Å². The number of fused-ring (bicyclic) bond motifs is 1. The van der Waals surface area contributed by atoms with Crippen molar-refractivity contribution in [1.82, 2.24) is 14.5 Å². The number of hydrogen-bond donors (Lipinski definition) is 1. The van der Waals surface area contributed by atoms with E-state index in [1.165, 1.54) is 12.1 Å². The van der Waals surface area contributed by atoms with E-state index < -0.39 is 0 Å². The molecule has 0 saturated carbocycles. The molecule has 0 amide bonds. The molecule has 21 heavy (non-hydrogen) atoms. The third-order valence-electron chi connectivity index (χ3n) is 3.41. The summed E-state index contributed by atoms with van der Waals surface area (Å²) in [5.74, 6) is -0.230. The Morgan fingerprint density at radius 2 is 2.10 bits per heavy atom. The van der Waals surface area contributed by atoms with E-state index in [0.29, 0.717) is 9.79 Å². The summed E-state index contributed by atoms with van der Waals surface area (Å²) >= 11 is 11.3. The molecule has 1 unspecified atom stereocenters. The van der Waals surface area contributed by atoms with Crippen molar-refractivity contribution in [1.29, 1.82) is 0 Å². The summed E-state index contributed by atoms with van der Waals surface area (Å²) in [7, 11) is 0. The first kappa shape index (κ1) is 14.2. The maximum absolute atomic E-state index is 13.0. The number of hydrogen-bond acceptors (Lipinski definition) is 2. The average molecular weight is 322 g/mol. The molecule has 0 bridgehead atoms. The van der Waals surface area contributed by atoms with Gasteiger partial charge in [-0.15, -0.1) is 0 Å². The van der Waals surface area contributed by atoms with Gasteiger partial charge in [0.1, 0.15) is 5.82 Å². The normalized spacial score (nSPS) is 12.7. The van der Waals surface area contributed by atoms with Crippen molar-refractivity contribution in [3.05, 3.63) is 57.7 Å². The fourth-order valence-electron chi connectivity index (χ4n) is 2.45. The van der Waals surface area contributed by atoms with E-state index in [4.69, 9.17) is 23.8 Å². The van der Waals surface area contributed by atoms with Crippen LogP contribution in [0.25, 0.3) is 11.2 Å². The number of benzene rings is 1. The molecule has 3 nitrogen and oxygen atoms in total. The zero-order chi connectivity index (χ0) is 15.0. The van der Waals surface area contributed by atoms with E-state index in [1.54, 1.807) is 24.4 Å². The lowest BCUT2D eigenvalue weighted by molar-refractivity contribution is 0.548. The van der Waals surface area contributed by atoms with Crippen molar-refractivity contribution in [3.8, 4) is 0 Å². The second-order valence-electron chi connectivity index (χ2n) is 5.00. The second kappa shape index (κ2) is 5.58. The molecule has 0 aliphatic carbocycles. The average Bonchev–Trinajstić information content (AvgIpc) is 2.76. The van der Waals surface area contributed by atoms with Crippen LogP contribution >= 0.6 is 23.8 Å². The highest BCUT2D eigenvalue weighted by Crippen LogP contribution is 2.22. The highest BCUT2D eigenvalue weighted by atomic mass is 35.5. The first-order valence-electron chi connectivity index (χ1n) is 6.55. The first-order valence-corrected chi connectivity index (χ1v) is 7.33. The van der Waals surface area contributed by atoms with Crippen molar-refractivity contribution in [3.63, 3.8) is 0 Å². The van der Waals surface area contributed by atoms with E-state index in [9.17, 15) is 4.39 Å². The molecular weight excluding hydrogens is 309 g/mol. The molecule has 2 aromatic heterocycles.